The SMILES string of the molecule is CC(NCCc1ncn(C)n1)c1ccc(-c2ccccc2)s1. The van der Waals surface area contributed by atoms with Crippen LogP contribution >= 0.6 is 11.3 Å². The molecule has 0 bridgehead atoms. The van der Waals surface area contributed by atoms with Crippen molar-refractivity contribution in [1.29, 1.82) is 0 Å². The maximum Gasteiger partial charge on any atom is 0.151 e. The fourth-order valence-corrected chi connectivity index (χ4v) is 3.38. The predicted molar refractivity (Wildman–Crippen MR) is 90.9 cm³/mol. The summed E-state index contributed by atoms with van der Waals surface area (Å²) >= 11 is 1.85. The van der Waals surface area contributed by atoms with Gasteiger partial charge in [-0.15, -0.1) is 11.3 Å². The number of nitrogens with one attached hydrogen (secondary N) is 1. The molecule has 0 radical (unpaired) electrons. The van der Waals surface area contributed by atoms with E-state index in [1.54, 1.807) is 11.0 Å². The lowest BCUT2D eigenvalue weighted by Crippen LogP contribution is -2.21. The first kappa shape index (κ1) is 14.9. The van der Waals surface area contributed by atoms with Gasteiger partial charge in [0.05, 0.1) is 0 Å². The summed E-state index contributed by atoms with van der Waals surface area (Å²) in [6.45, 7) is 3.08. The first-order valence-electron chi connectivity index (χ1n) is 7.45. The molecule has 0 amide bonds. The van der Waals surface area contributed by atoms with Crippen LogP contribution in [0.1, 0.15) is 23.7 Å². The van der Waals surface area contributed by atoms with Crippen molar-refractivity contribution in [2.24, 2.45) is 7.05 Å². The summed E-state index contributed by atoms with van der Waals surface area (Å²) in [6.07, 6.45) is 2.59. The topological polar surface area (TPSA) is 42.7 Å². The Morgan fingerprint density at radius 3 is 2.73 bits per heavy atom. The zero-order valence-electron chi connectivity index (χ0n) is 12.9. The number of hydrogen-bond acceptors (Lipinski definition) is 4. The van der Waals surface area contributed by atoms with E-state index >= 15 is 0 Å². The van der Waals surface area contributed by atoms with Gasteiger partial charge in [0.25, 0.3) is 0 Å². The van der Waals surface area contributed by atoms with Crippen molar-refractivity contribution < 1.29 is 0 Å². The molecule has 1 atom stereocenters. The van der Waals surface area contributed by atoms with Crippen LogP contribution in [-0.2, 0) is 13.5 Å². The van der Waals surface area contributed by atoms with Gasteiger partial charge in [0.2, 0.25) is 0 Å². The highest BCUT2D eigenvalue weighted by Gasteiger charge is 2.09. The molecular weight excluding hydrogens is 292 g/mol. The van der Waals surface area contributed by atoms with Gasteiger partial charge in [0.15, 0.2) is 5.82 Å². The summed E-state index contributed by atoms with van der Waals surface area (Å²) in [6, 6.07) is 15.3. The second-order valence-electron chi connectivity index (χ2n) is 5.33. The van der Waals surface area contributed by atoms with Crippen LogP contribution in [0.15, 0.2) is 48.8 Å². The molecule has 3 aromatic rings. The van der Waals surface area contributed by atoms with Gasteiger partial charge >= 0.3 is 0 Å². The average Bonchev–Trinajstić information content (AvgIpc) is 3.17. The molecule has 0 fully saturated rings. The van der Waals surface area contributed by atoms with Crippen LogP contribution in [0.3, 0.4) is 0 Å². The van der Waals surface area contributed by atoms with E-state index in [9.17, 15) is 0 Å². The van der Waals surface area contributed by atoms with Gasteiger partial charge in [-0.25, -0.2) is 4.98 Å². The third-order valence-electron chi connectivity index (χ3n) is 3.56. The summed E-state index contributed by atoms with van der Waals surface area (Å²) in [7, 11) is 1.89. The number of nitrogens with zero attached hydrogens (tertiary/aromatic N) is 3. The fraction of sp³-hybridized carbons (Fsp3) is 0.294. The summed E-state index contributed by atoms with van der Waals surface area (Å²) in [5.74, 6) is 0.887. The largest absolute Gasteiger partial charge is 0.309 e. The molecule has 4 nitrogen and oxygen atoms in total. The highest BCUT2D eigenvalue weighted by Crippen LogP contribution is 2.31. The minimum absolute atomic E-state index is 0.339. The van der Waals surface area contributed by atoms with Gasteiger partial charge in [0, 0.05) is 35.8 Å². The molecule has 2 aromatic heterocycles. The molecule has 0 aliphatic rings. The maximum atomic E-state index is 4.29. The highest BCUT2D eigenvalue weighted by atomic mass is 32.1. The summed E-state index contributed by atoms with van der Waals surface area (Å²) in [5.41, 5.74) is 1.28. The smallest absolute Gasteiger partial charge is 0.151 e. The van der Waals surface area contributed by atoms with Crippen LogP contribution in [0.2, 0.25) is 0 Å². The third kappa shape index (κ3) is 3.61. The summed E-state index contributed by atoms with van der Waals surface area (Å²) < 4.78 is 1.74. The lowest BCUT2D eigenvalue weighted by Gasteiger charge is -2.10. The fourth-order valence-electron chi connectivity index (χ4n) is 2.34. The monoisotopic (exact) mass is 312 g/mol. The van der Waals surface area contributed by atoms with Crippen molar-refractivity contribution in [3.63, 3.8) is 0 Å². The molecule has 0 aliphatic carbocycles. The Labute approximate surface area is 134 Å². The molecule has 0 saturated heterocycles. The Hall–Kier alpha value is -1.98. The van der Waals surface area contributed by atoms with Crippen LogP contribution in [0.25, 0.3) is 10.4 Å². The predicted octanol–water partition coefficient (Wildman–Crippen LogP) is 3.44. The Kier molecular flexibility index (Phi) is 4.65. The van der Waals surface area contributed by atoms with E-state index in [1.807, 2.05) is 24.5 Å². The van der Waals surface area contributed by atoms with Crippen molar-refractivity contribution in [2.75, 3.05) is 6.54 Å². The Bertz CT molecular complexity index is 717. The second kappa shape index (κ2) is 6.85. The Balaban J connectivity index is 1.56. The van der Waals surface area contributed by atoms with Crippen LogP contribution in [-0.4, -0.2) is 21.3 Å². The van der Waals surface area contributed by atoms with Crippen LogP contribution in [0.5, 0.6) is 0 Å². The number of aromatic nitrogens is 3. The highest BCUT2D eigenvalue weighted by molar-refractivity contribution is 7.15. The van der Waals surface area contributed by atoms with Crippen molar-refractivity contribution in [1.82, 2.24) is 20.1 Å². The molecule has 0 spiro atoms. The molecule has 1 aromatic carbocycles. The molecule has 5 heteroatoms. The van der Waals surface area contributed by atoms with E-state index in [4.69, 9.17) is 0 Å². The quantitative estimate of drug-likeness (QED) is 0.758. The molecule has 0 saturated carbocycles. The minimum Gasteiger partial charge on any atom is -0.309 e. The van der Waals surface area contributed by atoms with Gasteiger partial charge < -0.3 is 5.32 Å². The average molecular weight is 312 g/mol. The first-order valence-corrected chi connectivity index (χ1v) is 8.27. The number of hydrogen-bond donors (Lipinski definition) is 1. The standard InChI is InChI=1S/C17H20N4S/c1-13(18-11-10-17-19-12-21(2)20-17)15-8-9-16(22-15)14-6-4-3-5-7-14/h3-9,12-13,18H,10-11H2,1-2H3. The Morgan fingerprint density at radius 2 is 2.00 bits per heavy atom. The number of rotatable bonds is 6. The van der Waals surface area contributed by atoms with Crippen LogP contribution in [0, 0.1) is 0 Å². The summed E-state index contributed by atoms with van der Waals surface area (Å²) in [5, 5.41) is 7.83. The summed E-state index contributed by atoms with van der Waals surface area (Å²) in [4.78, 5) is 6.91. The van der Waals surface area contributed by atoms with E-state index < -0.39 is 0 Å². The normalized spacial score (nSPS) is 12.5. The van der Waals surface area contributed by atoms with E-state index in [1.165, 1.54) is 15.3 Å². The van der Waals surface area contributed by atoms with Crippen molar-refractivity contribution in [3.8, 4) is 10.4 Å². The van der Waals surface area contributed by atoms with Gasteiger partial charge in [-0.3, -0.25) is 4.68 Å². The first-order chi connectivity index (χ1) is 10.7. The van der Waals surface area contributed by atoms with Crippen LogP contribution in [0.4, 0.5) is 0 Å². The molecule has 1 unspecified atom stereocenters. The zero-order valence-corrected chi connectivity index (χ0v) is 13.7. The van der Waals surface area contributed by atoms with Gasteiger partial charge in [-0.05, 0) is 24.6 Å². The molecule has 3 rings (SSSR count). The molecule has 114 valence electrons. The third-order valence-corrected chi connectivity index (χ3v) is 4.88. The molecule has 0 aliphatic heterocycles. The lowest BCUT2D eigenvalue weighted by atomic mass is 10.2. The second-order valence-corrected chi connectivity index (χ2v) is 6.44. The van der Waals surface area contributed by atoms with Crippen LogP contribution < -0.4 is 5.32 Å². The van der Waals surface area contributed by atoms with Crippen molar-refractivity contribution in [2.45, 2.75) is 19.4 Å². The molecule has 2 heterocycles. The van der Waals surface area contributed by atoms with Crippen molar-refractivity contribution >= 4 is 11.3 Å². The van der Waals surface area contributed by atoms with Gasteiger partial charge in [-0.1, -0.05) is 30.3 Å². The Morgan fingerprint density at radius 1 is 1.18 bits per heavy atom. The zero-order chi connectivity index (χ0) is 15.4. The molecular formula is C17H20N4S. The number of aryl methyl sites for hydroxylation is 1. The van der Waals surface area contributed by atoms with Gasteiger partial charge in [0.1, 0.15) is 6.33 Å². The van der Waals surface area contributed by atoms with E-state index in [2.05, 4.69) is 58.7 Å². The number of benzene rings is 1. The van der Waals surface area contributed by atoms with Gasteiger partial charge in [-0.2, -0.15) is 5.10 Å². The van der Waals surface area contributed by atoms with Crippen molar-refractivity contribution in [3.05, 3.63) is 59.5 Å². The van der Waals surface area contributed by atoms with E-state index in [-0.39, 0.29) is 0 Å². The maximum absolute atomic E-state index is 4.29. The molecule has 1 N–H and O–H groups in total. The molecule has 22 heavy (non-hydrogen) atoms. The lowest BCUT2D eigenvalue weighted by molar-refractivity contribution is 0.575. The number of thiophene rings is 1. The van der Waals surface area contributed by atoms with E-state index in [0.29, 0.717) is 6.04 Å². The minimum atomic E-state index is 0.339. The van der Waals surface area contributed by atoms with E-state index in [0.717, 1.165) is 18.8 Å².